The summed E-state index contributed by atoms with van der Waals surface area (Å²) < 4.78 is 6.01. The Hall–Kier alpha value is -0.416. The van der Waals surface area contributed by atoms with Crippen molar-refractivity contribution in [3.05, 3.63) is 22.3 Å². The van der Waals surface area contributed by atoms with E-state index < -0.39 is 19.5 Å². The van der Waals surface area contributed by atoms with Crippen molar-refractivity contribution < 1.29 is 37.9 Å². The molecule has 5 heteroatoms. The van der Waals surface area contributed by atoms with Gasteiger partial charge in [0.25, 0.3) is 0 Å². The minimum atomic E-state index is -0.622. The molecule has 0 aromatic rings. The zero-order valence-corrected chi connectivity index (χ0v) is 15.4. The van der Waals surface area contributed by atoms with E-state index in [-0.39, 0.29) is 5.97 Å². The Labute approximate surface area is 143 Å². The molecule has 4 nitrogen and oxygen atoms in total. The Morgan fingerprint density at radius 3 is 1.73 bits per heavy atom. The van der Waals surface area contributed by atoms with Gasteiger partial charge in [-0.3, -0.25) is 0 Å². The quantitative estimate of drug-likeness (QED) is 0.720. The van der Waals surface area contributed by atoms with Gasteiger partial charge in [-0.15, -0.1) is 0 Å². The van der Waals surface area contributed by atoms with E-state index in [1.807, 2.05) is 0 Å². The number of hydrogen-bond donors (Lipinski definition) is 0. The summed E-state index contributed by atoms with van der Waals surface area (Å²) in [5.74, 6) is -0.0854. The van der Waals surface area contributed by atoms with E-state index in [0.717, 1.165) is 14.2 Å². The second-order valence-corrected chi connectivity index (χ2v) is 7.15. The number of fused-ring (bicyclic) bond motifs is 1. The van der Waals surface area contributed by atoms with Crippen LogP contribution in [0.25, 0.3) is 0 Å². The summed E-state index contributed by atoms with van der Waals surface area (Å²) in [4.78, 5) is 11.1. The standard InChI is InChI=1S/C13H17.C2H4O2.2CH3O.Ti/c1-3-7-12-10(5-1)9-11-6-2-4-8-13(11)12;1-2(3)4;2*1-2;/h9H,1-8H2;1H3,(H,3,4);2*1H3;/q;;2*-1;+3/p-1. The van der Waals surface area contributed by atoms with Crippen molar-refractivity contribution in [1.82, 2.24) is 0 Å². The Morgan fingerprint density at radius 1 is 0.909 bits per heavy atom. The molecule has 0 saturated heterocycles. The van der Waals surface area contributed by atoms with Gasteiger partial charge >= 0.3 is 118 Å². The van der Waals surface area contributed by atoms with Gasteiger partial charge < -0.3 is 10.2 Å². The van der Waals surface area contributed by atoms with Gasteiger partial charge in [-0.05, 0) is 0 Å². The Kier molecular flexibility index (Phi) is 9.26. The molecule has 0 aromatic heterocycles. The van der Waals surface area contributed by atoms with Crippen molar-refractivity contribution >= 4 is 5.97 Å². The van der Waals surface area contributed by atoms with E-state index in [0.29, 0.717) is 4.22 Å². The van der Waals surface area contributed by atoms with Gasteiger partial charge in [0.05, 0.1) is 0 Å². The molecular weight excluding hydrogens is 316 g/mol. The van der Waals surface area contributed by atoms with Crippen LogP contribution in [0.4, 0.5) is 0 Å². The second-order valence-electron chi connectivity index (χ2n) is 5.57. The first-order valence-electron chi connectivity index (χ1n) is 7.96. The van der Waals surface area contributed by atoms with Crippen LogP contribution in [0.3, 0.4) is 0 Å². The Balaban J connectivity index is 0.000000561. The maximum atomic E-state index is 11.1. The van der Waals surface area contributed by atoms with Crippen LogP contribution in [-0.4, -0.2) is 20.2 Å². The first kappa shape index (κ1) is 19.6. The molecule has 122 valence electrons. The van der Waals surface area contributed by atoms with Gasteiger partial charge in [0.2, 0.25) is 0 Å². The Bertz CT molecular complexity index is 408. The number of carbonyl (C=O) groups excluding carboxylic acids is 1. The average molecular weight is 342 g/mol. The van der Waals surface area contributed by atoms with Crippen molar-refractivity contribution in [3.63, 3.8) is 0 Å². The third kappa shape index (κ3) is 4.54. The molecule has 22 heavy (non-hydrogen) atoms. The molecule has 3 aliphatic rings. The predicted octanol–water partition coefficient (Wildman–Crippen LogP) is 2.04. The fraction of sp³-hybridized carbons (Fsp3) is 0.706. The maximum Gasteiger partial charge on any atom is -0.153 e. The molecule has 0 heterocycles. The minimum Gasteiger partial charge on any atom is -0.857 e. The summed E-state index contributed by atoms with van der Waals surface area (Å²) in [6, 6.07) is 0. The summed E-state index contributed by atoms with van der Waals surface area (Å²) in [6.07, 6.45) is 10.5. The maximum absolute atomic E-state index is 11.1. The molecule has 0 N–H and O–H groups in total. The molecule has 0 bridgehead atoms. The van der Waals surface area contributed by atoms with Crippen LogP contribution in [0.2, 0.25) is 4.22 Å². The topological polar surface area (TPSA) is 72.4 Å². The van der Waals surface area contributed by atoms with Crippen molar-refractivity contribution in [1.29, 1.82) is 0 Å². The normalized spacial score (nSPS) is 19.9. The first-order valence-corrected chi connectivity index (χ1v) is 9.50. The van der Waals surface area contributed by atoms with Crippen LogP contribution in [0.1, 0.15) is 58.3 Å². The van der Waals surface area contributed by atoms with Gasteiger partial charge in [0.15, 0.2) is 0 Å². The summed E-state index contributed by atoms with van der Waals surface area (Å²) >= 11 is -0.622. The zero-order chi connectivity index (χ0) is 16.5. The van der Waals surface area contributed by atoms with Crippen LogP contribution in [0.15, 0.2) is 22.3 Å². The van der Waals surface area contributed by atoms with E-state index in [1.54, 1.807) is 29.2 Å². The number of carbonyl (C=O) groups is 1. The molecule has 0 fully saturated rings. The summed E-state index contributed by atoms with van der Waals surface area (Å²) in [5.41, 5.74) is 6.73. The molecule has 0 radical (unpaired) electrons. The molecule has 0 spiro atoms. The largest absolute Gasteiger partial charge is 0.857 e. The van der Waals surface area contributed by atoms with Crippen LogP contribution in [0, 0.1) is 0 Å². The number of hydrogen-bond acceptors (Lipinski definition) is 4. The monoisotopic (exact) mass is 342 g/mol. The second kappa shape index (κ2) is 10.4. The summed E-state index contributed by atoms with van der Waals surface area (Å²) in [5, 5.41) is 16.5. The molecule has 0 unspecified atom stereocenters. The molecule has 0 aliphatic heterocycles. The summed E-state index contributed by atoms with van der Waals surface area (Å²) in [7, 11) is 1.50. The summed E-state index contributed by atoms with van der Waals surface area (Å²) in [6.45, 7) is 1.55. The van der Waals surface area contributed by atoms with E-state index >= 15 is 0 Å². The smallest absolute Gasteiger partial charge is 0.153 e. The SMILES string of the molecule is CC(=O)[O][Ti+2][CH]1C2=C(CCCC2)C2=C1CCCC2.C[O-].C[O-]. The number of rotatable bonds is 2. The molecule has 3 aliphatic carbocycles. The van der Waals surface area contributed by atoms with E-state index in [2.05, 4.69) is 0 Å². The van der Waals surface area contributed by atoms with Crippen molar-refractivity contribution in [2.45, 2.75) is 62.5 Å². The fourth-order valence-electron chi connectivity index (χ4n) is 3.68. The average Bonchev–Trinajstić information content (AvgIpc) is 2.91. The molecular formula is C17H26O4Ti. The van der Waals surface area contributed by atoms with Gasteiger partial charge in [-0.25, -0.2) is 0 Å². The Morgan fingerprint density at radius 2 is 1.32 bits per heavy atom. The van der Waals surface area contributed by atoms with E-state index in [1.165, 1.54) is 51.4 Å². The van der Waals surface area contributed by atoms with E-state index in [4.69, 9.17) is 13.5 Å². The molecule has 0 saturated carbocycles. The minimum absolute atomic E-state index is 0.0854. The third-order valence-electron chi connectivity index (χ3n) is 4.40. The third-order valence-corrected chi connectivity index (χ3v) is 6.49. The molecule has 0 aromatic carbocycles. The van der Waals surface area contributed by atoms with Gasteiger partial charge in [-0.2, -0.15) is 14.2 Å². The van der Waals surface area contributed by atoms with Crippen LogP contribution >= 0.6 is 0 Å². The first-order chi connectivity index (χ1) is 10.8. The molecule has 0 atom stereocenters. The van der Waals surface area contributed by atoms with Crippen LogP contribution < -0.4 is 10.2 Å². The molecule has 0 amide bonds. The van der Waals surface area contributed by atoms with Crippen LogP contribution in [0.5, 0.6) is 0 Å². The predicted molar refractivity (Wildman–Crippen MR) is 78.4 cm³/mol. The fourth-order valence-corrected chi connectivity index (χ4v) is 5.56. The van der Waals surface area contributed by atoms with Crippen molar-refractivity contribution in [3.8, 4) is 0 Å². The number of allylic oxidation sites excluding steroid dienone is 4. The van der Waals surface area contributed by atoms with Crippen molar-refractivity contribution in [2.75, 3.05) is 14.2 Å². The zero-order valence-electron chi connectivity index (χ0n) is 13.9. The molecule has 3 rings (SSSR count). The van der Waals surface area contributed by atoms with Crippen LogP contribution in [-0.2, 0) is 27.7 Å². The van der Waals surface area contributed by atoms with Crippen molar-refractivity contribution in [2.24, 2.45) is 0 Å². The van der Waals surface area contributed by atoms with E-state index in [9.17, 15) is 4.79 Å². The van der Waals surface area contributed by atoms with Gasteiger partial charge in [0.1, 0.15) is 0 Å². The van der Waals surface area contributed by atoms with Gasteiger partial charge in [-0.1, -0.05) is 0 Å². The van der Waals surface area contributed by atoms with Gasteiger partial charge in [0, 0.05) is 0 Å².